The summed E-state index contributed by atoms with van der Waals surface area (Å²) in [5.74, 6) is 0. The van der Waals surface area contributed by atoms with Gasteiger partial charge in [-0.15, -0.1) is 11.3 Å². The molecule has 0 atom stereocenters. The lowest BCUT2D eigenvalue weighted by Gasteiger charge is -2.02. The largest absolute Gasteiger partial charge is 0.275 e. The number of rotatable bonds is 2. The van der Waals surface area contributed by atoms with Crippen molar-refractivity contribution >= 4 is 39.8 Å². The molecule has 1 nitrogen and oxygen atoms in total. The molecule has 1 aromatic heterocycles. The Morgan fingerprint density at radius 1 is 1.13 bits per heavy atom. The van der Waals surface area contributed by atoms with Crippen molar-refractivity contribution < 1.29 is 4.79 Å². The number of hydrogen-bond acceptors (Lipinski definition) is 2. The predicted molar refractivity (Wildman–Crippen MR) is 64.9 cm³/mol. The third-order valence-corrected chi connectivity index (χ3v) is 3.55. The van der Waals surface area contributed by atoms with Crippen molar-refractivity contribution in [3.63, 3.8) is 0 Å². The predicted octanol–water partition coefficient (Wildman–Crippen LogP) is 4.45. The van der Waals surface area contributed by atoms with E-state index in [1.807, 2.05) is 29.6 Å². The van der Waals surface area contributed by atoms with Gasteiger partial charge in [0.1, 0.15) is 0 Å². The Balaban J connectivity index is 2.59. The van der Waals surface area contributed by atoms with Gasteiger partial charge in [0, 0.05) is 16.1 Å². The minimum atomic E-state index is -0.445. The Morgan fingerprint density at radius 3 is 2.53 bits per heavy atom. The van der Waals surface area contributed by atoms with Crippen molar-refractivity contribution in [1.82, 2.24) is 0 Å². The smallest absolute Gasteiger partial charge is 0.263 e. The highest BCUT2D eigenvalue weighted by Crippen LogP contribution is 2.33. The Kier molecular flexibility index (Phi) is 3.10. The van der Waals surface area contributed by atoms with E-state index in [-0.39, 0.29) is 0 Å². The number of carbonyl (C=O) groups excluding carboxylic acids is 1. The molecule has 2 aromatic rings. The molecule has 15 heavy (non-hydrogen) atoms. The van der Waals surface area contributed by atoms with Crippen molar-refractivity contribution in [2.75, 3.05) is 0 Å². The average molecular weight is 257 g/mol. The zero-order valence-corrected chi connectivity index (χ0v) is 9.86. The Hall–Kier alpha value is -0.830. The number of carbonyl (C=O) groups is 1. The maximum Gasteiger partial charge on any atom is 0.263 e. The van der Waals surface area contributed by atoms with E-state index in [4.69, 9.17) is 23.2 Å². The summed E-state index contributed by atoms with van der Waals surface area (Å²) in [5, 5.41) is 2.00. The SMILES string of the molecule is O=C(Cl)c1sccc1-c1ccccc1Cl. The van der Waals surface area contributed by atoms with Gasteiger partial charge in [-0.2, -0.15) is 0 Å². The standard InChI is InChI=1S/C11H6Cl2OS/c12-9-4-2-1-3-7(9)8-5-6-15-10(8)11(13)14/h1-6H. The number of hydrogen-bond donors (Lipinski definition) is 0. The maximum absolute atomic E-state index is 11.1. The van der Waals surface area contributed by atoms with Gasteiger partial charge in [-0.05, 0) is 29.1 Å². The zero-order valence-electron chi connectivity index (χ0n) is 7.54. The van der Waals surface area contributed by atoms with Crippen molar-refractivity contribution in [2.45, 2.75) is 0 Å². The van der Waals surface area contributed by atoms with Crippen molar-refractivity contribution in [1.29, 1.82) is 0 Å². The molecule has 0 N–H and O–H groups in total. The lowest BCUT2D eigenvalue weighted by atomic mass is 10.1. The molecule has 0 saturated carbocycles. The highest BCUT2D eigenvalue weighted by atomic mass is 35.5. The van der Waals surface area contributed by atoms with E-state index < -0.39 is 5.24 Å². The van der Waals surface area contributed by atoms with Gasteiger partial charge in [0.2, 0.25) is 0 Å². The molecule has 1 heterocycles. The van der Waals surface area contributed by atoms with Crippen LogP contribution in [-0.4, -0.2) is 5.24 Å². The molecular weight excluding hydrogens is 251 g/mol. The third kappa shape index (κ3) is 2.07. The molecular formula is C11H6Cl2OS. The summed E-state index contributed by atoms with van der Waals surface area (Å²) < 4.78 is 0. The minimum Gasteiger partial charge on any atom is -0.275 e. The summed E-state index contributed by atoms with van der Waals surface area (Å²) in [6.07, 6.45) is 0. The number of halogens is 2. The van der Waals surface area contributed by atoms with Crippen LogP contribution in [0.2, 0.25) is 5.02 Å². The van der Waals surface area contributed by atoms with E-state index in [0.29, 0.717) is 9.90 Å². The molecule has 0 aliphatic carbocycles. The highest BCUT2D eigenvalue weighted by molar-refractivity contribution is 7.14. The van der Waals surface area contributed by atoms with Crippen LogP contribution in [-0.2, 0) is 0 Å². The molecule has 2 rings (SSSR count). The highest BCUT2D eigenvalue weighted by Gasteiger charge is 2.13. The van der Waals surface area contributed by atoms with Crippen LogP contribution < -0.4 is 0 Å². The van der Waals surface area contributed by atoms with Crippen molar-refractivity contribution in [3.8, 4) is 11.1 Å². The van der Waals surface area contributed by atoms with Crippen LogP contribution in [0.5, 0.6) is 0 Å². The zero-order chi connectivity index (χ0) is 10.8. The monoisotopic (exact) mass is 256 g/mol. The number of thiophene rings is 1. The Labute approximate surface area is 101 Å². The first-order valence-electron chi connectivity index (χ1n) is 4.22. The van der Waals surface area contributed by atoms with Gasteiger partial charge in [0.05, 0.1) is 4.88 Å². The molecule has 0 spiro atoms. The van der Waals surface area contributed by atoms with Crippen LogP contribution >= 0.6 is 34.5 Å². The molecule has 0 aliphatic rings. The van der Waals surface area contributed by atoms with Gasteiger partial charge in [-0.3, -0.25) is 4.79 Å². The normalized spacial score (nSPS) is 10.3. The fourth-order valence-electron chi connectivity index (χ4n) is 1.35. The molecule has 0 fully saturated rings. The van der Waals surface area contributed by atoms with Crippen LogP contribution in [0, 0.1) is 0 Å². The Morgan fingerprint density at radius 2 is 1.87 bits per heavy atom. The molecule has 0 saturated heterocycles. The second-order valence-electron chi connectivity index (χ2n) is 2.92. The fraction of sp³-hybridized carbons (Fsp3) is 0. The third-order valence-electron chi connectivity index (χ3n) is 2.01. The van der Waals surface area contributed by atoms with Gasteiger partial charge in [0.25, 0.3) is 5.24 Å². The lowest BCUT2D eigenvalue weighted by molar-refractivity contribution is 0.108. The lowest BCUT2D eigenvalue weighted by Crippen LogP contribution is -1.87. The quantitative estimate of drug-likeness (QED) is 0.726. The fourth-order valence-corrected chi connectivity index (χ4v) is 2.56. The topological polar surface area (TPSA) is 17.1 Å². The molecule has 1 aromatic carbocycles. The second-order valence-corrected chi connectivity index (χ2v) is 4.58. The first-order valence-corrected chi connectivity index (χ1v) is 5.86. The summed E-state index contributed by atoms with van der Waals surface area (Å²) in [6.45, 7) is 0. The number of benzene rings is 1. The van der Waals surface area contributed by atoms with Gasteiger partial charge < -0.3 is 0 Å². The summed E-state index contributed by atoms with van der Waals surface area (Å²) in [6, 6.07) is 9.23. The van der Waals surface area contributed by atoms with Crippen molar-refractivity contribution in [2.24, 2.45) is 0 Å². The molecule has 0 bridgehead atoms. The van der Waals surface area contributed by atoms with Crippen LogP contribution in [0.15, 0.2) is 35.7 Å². The van der Waals surface area contributed by atoms with Crippen LogP contribution in [0.1, 0.15) is 9.67 Å². The van der Waals surface area contributed by atoms with Crippen LogP contribution in [0.25, 0.3) is 11.1 Å². The Bertz CT molecular complexity index is 505. The second kappa shape index (κ2) is 4.35. The van der Waals surface area contributed by atoms with E-state index in [2.05, 4.69) is 0 Å². The van der Waals surface area contributed by atoms with Gasteiger partial charge >= 0.3 is 0 Å². The first kappa shape index (κ1) is 10.7. The molecule has 0 amide bonds. The van der Waals surface area contributed by atoms with Gasteiger partial charge in [-0.1, -0.05) is 29.8 Å². The minimum absolute atomic E-state index is 0.445. The first-order chi connectivity index (χ1) is 7.20. The van der Waals surface area contributed by atoms with E-state index in [1.54, 1.807) is 6.07 Å². The van der Waals surface area contributed by atoms with E-state index in [1.165, 1.54) is 11.3 Å². The molecule has 76 valence electrons. The van der Waals surface area contributed by atoms with E-state index >= 15 is 0 Å². The molecule has 0 unspecified atom stereocenters. The van der Waals surface area contributed by atoms with E-state index in [9.17, 15) is 4.79 Å². The van der Waals surface area contributed by atoms with E-state index in [0.717, 1.165) is 11.1 Å². The summed E-state index contributed by atoms with van der Waals surface area (Å²) in [4.78, 5) is 11.7. The van der Waals surface area contributed by atoms with Crippen molar-refractivity contribution in [3.05, 3.63) is 45.6 Å². The summed E-state index contributed by atoms with van der Waals surface area (Å²) in [7, 11) is 0. The molecule has 4 heteroatoms. The summed E-state index contributed by atoms with van der Waals surface area (Å²) >= 11 is 12.8. The van der Waals surface area contributed by atoms with Gasteiger partial charge in [-0.25, -0.2) is 0 Å². The van der Waals surface area contributed by atoms with Gasteiger partial charge in [0.15, 0.2) is 0 Å². The molecule has 0 aliphatic heterocycles. The maximum atomic E-state index is 11.1. The summed E-state index contributed by atoms with van der Waals surface area (Å²) in [5.41, 5.74) is 1.63. The van der Waals surface area contributed by atoms with Crippen LogP contribution in [0.3, 0.4) is 0 Å². The molecule has 0 radical (unpaired) electrons. The van der Waals surface area contributed by atoms with Crippen LogP contribution in [0.4, 0.5) is 0 Å². The average Bonchev–Trinajstić information content (AvgIpc) is 2.67.